The zero-order valence-corrected chi connectivity index (χ0v) is 9.74. The van der Waals surface area contributed by atoms with E-state index in [4.69, 9.17) is 0 Å². The quantitative estimate of drug-likeness (QED) is 0.634. The van der Waals surface area contributed by atoms with Crippen molar-refractivity contribution in [2.45, 2.75) is 0 Å². The fourth-order valence-electron chi connectivity index (χ4n) is 1.84. The summed E-state index contributed by atoms with van der Waals surface area (Å²) in [5.41, 5.74) is 1.09. The molecule has 84 valence electrons. The third-order valence-electron chi connectivity index (χ3n) is 2.70. The van der Waals surface area contributed by atoms with Crippen LogP contribution in [0.1, 0.15) is 0 Å². The van der Waals surface area contributed by atoms with Crippen molar-refractivity contribution >= 4 is 21.4 Å². The average molecular weight is 242 g/mol. The molecule has 0 saturated heterocycles. The molecule has 1 heterocycles. The molecule has 1 aromatic heterocycles. The van der Waals surface area contributed by atoms with Crippen LogP contribution < -0.4 is 0 Å². The first-order valence-electron chi connectivity index (χ1n) is 5.25. The molecular weight excluding hydrogens is 232 g/mol. The summed E-state index contributed by atoms with van der Waals surface area (Å²) in [4.78, 5) is 1.04. The largest absolute Gasteiger partial charge is 0.507 e. The maximum Gasteiger partial charge on any atom is 0.133 e. The van der Waals surface area contributed by atoms with Gasteiger partial charge in [0.05, 0.1) is 4.70 Å². The standard InChI is InChI=1S/C14H10O2S/c15-11-6-7-12(16)14-10(11)8-13(17-14)9-4-2-1-3-5-9/h1-8,15-16H. The van der Waals surface area contributed by atoms with Crippen LogP contribution in [0.15, 0.2) is 48.5 Å². The highest BCUT2D eigenvalue weighted by Crippen LogP contribution is 2.41. The molecule has 2 N–H and O–H groups in total. The summed E-state index contributed by atoms with van der Waals surface area (Å²) in [6.45, 7) is 0. The Hall–Kier alpha value is -2.00. The number of fused-ring (bicyclic) bond motifs is 1. The van der Waals surface area contributed by atoms with E-state index in [2.05, 4.69) is 0 Å². The molecule has 2 aromatic carbocycles. The Morgan fingerprint density at radius 1 is 0.824 bits per heavy atom. The van der Waals surface area contributed by atoms with E-state index in [1.54, 1.807) is 0 Å². The topological polar surface area (TPSA) is 40.5 Å². The van der Waals surface area contributed by atoms with Gasteiger partial charge in [0, 0.05) is 10.3 Å². The molecule has 0 aliphatic carbocycles. The molecule has 17 heavy (non-hydrogen) atoms. The molecular formula is C14H10O2S. The molecule has 3 aromatic rings. The number of rotatable bonds is 1. The van der Waals surface area contributed by atoms with Crippen molar-refractivity contribution in [2.24, 2.45) is 0 Å². The van der Waals surface area contributed by atoms with Gasteiger partial charge in [0.25, 0.3) is 0 Å². The van der Waals surface area contributed by atoms with Gasteiger partial charge in [0.15, 0.2) is 0 Å². The van der Waals surface area contributed by atoms with E-state index in [0.717, 1.165) is 15.1 Å². The van der Waals surface area contributed by atoms with Crippen molar-refractivity contribution in [3.8, 4) is 21.9 Å². The first-order valence-corrected chi connectivity index (χ1v) is 6.07. The second-order valence-corrected chi connectivity index (χ2v) is 4.88. The lowest BCUT2D eigenvalue weighted by Gasteiger charge is -1.95. The predicted octanol–water partition coefficient (Wildman–Crippen LogP) is 3.98. The lowest BCUT2D eigenvalue weighted by Crippen LogP contribution is -1.68. The Balaban J connectivity index is 2.27. The van der Waals surface area contributed by atoms with E-state index in [1.165, 1.54) is 23.5 Å². The smallest absolute Gasteiger partial charge is 0.133 e. The Labute approximate surface area is 102 Å². The minimum Gasteiger partial charge on any atom is -0.507 e. The Bertz CT molecular complexity index is 632. The van der Waals surface area contributed by atoms with Gasteiger partial charge < -0.3 is 10.2 Å². The van der Waals surface area contributed by atoms with Gasteiger partial charge in [-0.2, -0.15) is 0 Å². The monoisotopic (exact) mass is 242 g/mol. The zero-order valence-electron chi connectivity index (χ0n) is 8.92. The number of benzene rings is 2. The molecule has 3 heteroatoms. The third kappa shape index (κ3) is 1.65. The van der Waals surface area contributed by atoms with Crippen molar-refractivity contribution in [2.75, 3.05) is 0 Å². The van der Waals surface area contributed by atoms with Gasteiger partial charge in [0.2, 0.25) is 0 Å². The van der Waals surface area contributed by atoms with Crippen molar-refractivity contribution in [3.63, 3.8) is 0 Å². The molecule has 0 atom stereocenters. The van der Waals surface area contributed by atoms with Gasteiger partial charge in [0.1, 0.15) is 11.5 Å². The number of aromatic hydroxyl groups is 2. The van der Waals surface area contributed by atoms with Crippen LogP contribution >= 0.6 is 11.3 Å². The fraction of sp³-hybridized carbons (Fsp3) is 0. The third-order valence-corrected chi connectivity index (χ3v) is 3.90. The van der Waals surface area contributed by atoms with Gasteiger partial charge in [-0.1, -0.05) is 30.3 Å². The molecule has 0 radical (unpaired) electrons. The van der Waals surface area contributed by atoms with Gasteiger partial charge in [-0.25, -0.2) is 0 Å². The van der Waals surface area contributed by atoms with E-state index in [1.807, 2.05) is 36.4 Å². The van der Waals surface area contributed by atoms with Crippen LogP contribution in [-0.2, 0) is 0 Å². The number of hydrogen-bond acceptors (Lipinski definition) is 3. The molecule has 0 bridgehead atoms. The Morgan fingerprint density at radius 2 is 1.53 bits per heavy atom. The summed E-state index contributed by atoms with van der Waals surface area (Å²) in [7, 11) is 0. The lowest BCUT2D eigenvalue weighted by atomic mass is 10.1. The molecule has 0 aliphatic heterocycles. The maximum atomic E-state index is 9.76. The van der Waals surface area contributed by atoms with Crippen LogP contribution in [0.3, 0.4) is 0 Å². The Morgan fingerprint density at radius 3 is 2.24 bits per heavy atom. The highest BCUT2D eigenvalue weighted by Gasteiger charge is 2.10. The average Bonchev–Trinajstić information content (AvgIpc) is 2.81. The highest BCUT2D eigenvalue weighted by atomic mass is 32.1. The van der Waals surface area contributed by atoms with Gasteiger partial charge >= 0.3 is 0 Å². The zero-order chi connectivity index (χ0) is 11.8. The van der Waals surface area contributed by atoms with Gasteiger partial charge in [-0.05, 0) is 23.8 Å². The van der Waals surface area contributed by atoms with E-state index in [9.17, 15) is 10.2 Å². The molecule has 0 spiro atoms. The van der Waals surface area contributed by atoms with Crippen molar-refractivity contribution < 1.29 is 10.2 Å². The van der Waals surface area contributed by atoms with Crippen LogP contribution in [0.25, 0.3) is 20.5 Å². The van der Waals surface area contributed by atoms with Gasteiger partial charge in [-0.3, -0.25) is 0 Å². The molecule has 0 aliphatic rings. The molecule has 0 unspecified atom stereocenters. The fourth-order valence-corrected chi connectivity index (χ4v) is 2.94. The van der Waals surface area contributed by atoms with E-state index >= 15 is 0 Å². The van der Waals surface area contributed by atoms with Crippen molar-refractivity contribution in [1.82, 2.24) is 0 Å². The minimum atomic E-state index is 0.205. The van der Waals surface area contributed by atoms with Crippen LogP contribution in [-0.4, -0.2) is 10.2 Å². The summed E-state index contributed by atoms with van der Waals surface area (Å²) in [6, 6.07) is 14.9. The summed E-state index contributed by atoms with van der Waals surface area (Å²) in [5, 5.41) is 20.2. The summed E-state index contributed by atoms with van der Waals surface area (Å²) >= 11 is 1.48. The molecule has 3 rings (SSSR count). The molecule has 0 amide bonds. The van der Waals surface area contributed by atoms with Crippen molar-refractivity contribution in [1.29, 1.82) is 0 Å². The lowest BCUT2D eigenvalue weighted by molar-refractivity contribution is 0.470. The molecule has 2 nitrogen and oxygen atoms in total. The summed E-state index contributed by atoms with van der Waals surface area (Å²) in [6.07, 6.45) is 0. The predicted molar refractivity (Wildman–Crippen MR) is 70.6 cm³/mol. The van der Waals surface area contributed by atoms with E-state index in [-0.39, 0.29) is 11.5 Å². The SMILES string of the molecule is Oc1ccc(O)c2sc(-c3ccccc3)cc12. The van der Waals surface area contributed by atoms with E-state index in [0.29, 0.717) is 5.39 Å². The number of phenolic OH excluding ortho intramolecular Hbond substituents is 2. The number of hydrogen-bond donors (Lipinski definition) is 2. The first-order chi connectivity index (χ1) is 8.25. The molecule has 0 saturated carbocycles. The normalized spacial score (nSPS) is 10.8. The van der Waals surface area contributed by atoms with Crippen LogP contribution in [0, 0.1) is 0 Å². The first kappa shape index (κ1) is 10.2. The van der Waals surface area contributed by atoms with Crippen LogP contribution in [0.5, 0.6) is 11.5 Å². The Kier molecular flexibility index (Phi) is 2.27. The van der Waals surface area contributed by atoms with Crippen LogP contribution in [0.2, 0.25) is 0 Å². The van der Waals surface area contributed by atoms with Crippen LogP contribution in [0.4, 0.5) is 0 Å². The highest BCUT2D eigenvalue weighted by molar-refractivity contribution is 7.22. The summed E-state index contributed by atoms with van der Waals surface area (Å²) in [5.74, 6) is 0.418. The number of phenols is 2. The van der Waals surface area contributed by atoms with Gasteiger partial charge in [-0.15, -0.1) is 11.3 Å². The second-order valence-electron chi connectivity index (χ2n) is 3.82. The van der Waals surface area contributed by atoms with Crippen molar-refractivity contribution in [3.05, 3.63) is 48.5 Å². The minimum absolute atomic E-state index is 0.205. The summed E-state index contributed by atoms with van der Waals surface area (Å²) < 4.78 is 0.726. The second kappa shape index (κ2) is 3.79. The number of thiophene rings is 1. The maximum absolute atomic E-state index is 9.76. The molecule has 0 fully saturated rings. The van der Waals surface area contributed by atoms with E-state index < -0.39 is 0 Å².